The highest BCUT2D eigenvalue weighted by Crippen LogP contribution is 2.26. The third-order valence-corrected chi connectivity index (χ3v) is 4.82. The summed E-state index contributed by atoms with van der Waals surface area (Å²) in [5.41, 5.74) is 6.24. The van der Waals surface area contributed by atoms with E-state index in [9.17, 15) is 0 Å². The fraction of sp³-hybridized carbons (Fsp3) is 0.867. The molecule has 0 spiro atoms. The Bertz CT molecular complexity index is 453. The minimum atomic E-state index is 0.0912. The third-order valence-electron chi connectivity index (χ3n) is 4.82. The number of nitrogens with two attached hydrogens (primary N) is 1. The molecule has 1 fully saturated rings. The van der Waals surface area contributed by atoms with Gasteiger partial charge in [-0.2, -0.15) is 0 Å². The van der Waals surface area contributed by atoms with E-state index in [0.717, 1.165) is 37.3 Å². The van der Waals surface area contributed by atoms with E-state index < -0.39 is 0 Å². The molecule has 5 nitrogen and oxygen atoms in total. The van der Waals surface area contributed by atoms with Gasteiger partial charge in [0.15, 0.2) is 0 Å². The second-order valence-electron chi connectivity index (χ2n) is 6.66. The number of hydrogen-bond acceptors (Lipinski definition) is 4. The third kappa shape index (κ3) is 2.74. The molecule has 0 radical (unpaired) electrons. The first-order valence-electron chi connectivity index (χ1n) is 8.07. The Morgan fingerprint density at radius 2 is 2.10 bits per heavy atom. The van der Waals surface area contributed by atoms with E-state index in [4.69, 9.17) is 5.73 Å². The van der Waals surface area contributed by atoms with E-state index in [-0.39, 0.29) is 6.17 Å². The lowest BCUT2D eigenvalue weighted by Gasteiger charge is -2.35. The number of aromatic nitrogens is 3. The van der Waals surface area contributed by atoms with Gasteiger partial charge in [-0.25, -0.2) is 0 Å². The van der Waals surface area contributed by atoms with Crippen LogP contribution in [0.2, 0.25) is 0 Å². The predicted octanol–water partition coefficient (Wildman–Crippen LogP) is 1.73. The SMILES string of the molecule is CC(C)N1CCCC(Cc2nnc3n2C(N)CCC3)C1. The highest BCUT2D eigenvalue weighted by atomic mass is 15.3. The molecule has 2 unspecified atom stereocenters. The van der Waals surface area contributed by atoms with Crippen molar-refractivity contribution < 1.29 is 0 Å². The van der Waals surface area contributed by atoms with Gasteiger partial charge in [0.2, 0.25) is 0 Å². The lowest BCUT2D eigenvalue weighted by molar-refractivity contribution is 0.137. The summed E-state index contributed by atoms with van der Waals surface area (Å²) < 4.78 is 2.21. The lowest BCUT2D eigenvalue weighted by Crippen LogP contribution is -2.41. The quantitative estimate of drug-likeness (QED) is 0.914. The van der Waals surface area contributed by atoms with Gasteiger partial charge in [-0.1, -0.05) is 0 Å². The number of likely N-dealkylation sites (tertiary alicyclic amines) is 1. The van der Waals surface area contributed by atoms with Crippen LogP contribution in [-0.2, 0) is 12.8 Å². The molecule has 0 aromatic carbocycles. The van der Waals surface area contributed by atoms with Crippen molar-refractivity contribution in [3.8, 4) is 0 Å². The smallest absolute Gasteiger partial charge is 0.134 e. The van der Waals surface area contributed by atoms with Gasteiger partial charge in [-0.15, -0.1) is 10.2 Å². The molecule has 0 aliphatic carbocycles. The average molecular weight is 277 g/mol. The van der Waals surface area contributed by atoms with Crippen LogP contribution in [0.5, 0.6) is 0 Å². The van der Waals surface area contributed by atoms with Crippen LogP contribution in [0.3, 0.4) is 0 Å². The van der Waals surface area contributed by atoms with E-state index in [1.54, 1.807) is 0 Å². The van der Waals surface area contributed by atoms with E-state index in [1.165, 1.54) is 25.9 Å². The Morgan fingerprint density at radius 1 is 1.25 bits per heavy atom. The summed E-state index contributed by atoms with van der Waals surface area (Å²) in [7, 11) is 0. The van der Waals surface area contributed by atoms with Crippen LogP contribution in [0.4, 0.5) is 0 Å². The lowest BCUT2D eigenvalue weighted by atomic mass is 9.93. The second kappa shape index (κ2) is 5.82. The first-order valence-corrected chi connectivity index (χ1v) is 8.07. The molecule has 112 valence electrons. The largest absolute Gasteiger partial charge is 0.311 e. The molecule has 1 aromatic heterocycles. The van der Waals surface area contributed by atoms with Gasteiger partial charge < -0.3 is 10.6 Å². The Hall–Kier alpha value is -0.940. The summed E-state index contributed by atoms with van der Waals surface area (Å²) in [6.07, 6.45) is 6.96. The minimum absolute atomic E-state index is 0.0912. The number of piperidine rings is 1. The van der Waals surface area contributed by atoms with Crippen molar-refractivity contribution in [2.45, 2.75) is 64.6 Å². The first-order chi connectivity index (χ1) is 9.65. The molecule has 2 N–H and O–H groups in total. The van der Waals surface area contributed by atoms with Gasteiger partial charge in [0.25, 0.3) is 0 Å². The van der Waals surface area contributed by atoms with Gasteiger partial charge in [-0.3, -0.25) is 4.57 Å². The van der Waals surface area contributed by atoms with Crippen molar-refractivity contribution in [2.24, 2.45) is 11.7 Å². The Labute approximate surface area is 121 Å². The van der Waals surface area contributed by atoms with Crippen LogP contribution in [-0.4, -0.2) is 38.8 Å². The summed E-state index contributed by atoms with van der Waals surface area (Å²) in [6.45, 7) is 7.01. The highest BCUT2D eigenvalue weighted by molar-refractivity contribution is 5.03. The summed E-state index contributed by atoms with van der Waals surface area (Å²) in [4.78, 5) is 2.58. The zero-order valence-corrected chi connectivity index (χ0v) is 12.8. The maximum absolute atomic E-state index is 6.24. The minimum Gasteiger partial charge on any atom is -0.311 e. The number of nitrogens with zero attached hydrogens (tertiary/aromatic N) is 4. The Morgan fingerprint density at radius 3 is 2.90 bits per heavy atom. The molecule has 5 heteroatoms. The van der Waals surface area contributed by atoms with Gasteiger partial charge >= 0.3 is 0 Å². The molecule has 0 saturated carbocycles. The molecule has 3 rings (SSSR count). The van der Waals surface area contributed by atoms with Crippen molar-refractivity contribution in [3.63, 3.8) is 0 Å². The topological polar surface area (TPSA) is 60.0 Å². The second-order valence-corrected chi connectivity index (χ2v) is 6.66. The van der Waals surface area contributed by atoms with E-state index in [0.29, 0.717) is 12.0 Å². The van der Waals surface area contributed by atoms with Crippen molar-refractivity contribution in [2.75, 3.05) is 13.1 Å². The van der Waals surface area contributed by atoms with Crippen LogP contribution in [0.25, 0.3) is 0 Å². The normalized spacial score (nSPS) is 27.8. The average Bonchev–Trinajstić information content (AvgIpc) is 2.84. The molecule has 1 saturated heterocycles. The Balaban J connectivity index is 1.70. The van der Waals surface area contributed by atoms with Gasteiger partial charge in [0.05, 0.1) is 6.17 Å². The maximum Gasteiger partial charge on any atom is 0.134 e. The highest BCUT2D eigenvalue weighted by Gasteiger charge is 2.26. The van der Waals surface area contributed by atoms with Crippen LogP contribution in [0.15, 0.2) is 0 Å². The molecule has 2 aliphatic heterocycles. The van der Waals surface area contributed by atoms with Crippen LogP contribution in [0, 0.1) is 5.92 Å². The van der Waals surface area contributed by atoms with E-state index in [1.807, 2.05) is 0 Å². The molecule has 0 amide bonds. The Kier molecular flexibility index (Phi) is 4.08. The first kappa shape index (κ1) is 14.0. The van der Waals surface area contributed by atoms with E-state index >= 15 is 0 Å². The van der Waals surface area contributed by atoms with Gasteiger partial charge in [-0.05, 0) is 52.0 Å². The number of hydrogen-bond donors (Lipinski definition) is 1. The number of fused-ring (bicyclic) bond motifs is 1. The van der Waals surface area contributed by atoms with Crippen molar-refractivity contribution >= 4 is 0 Å². The zero-order valence-electron chi connectivity index (χ0n) is 12.8. The fourth-order valence-electron chi connectivity index (χ4n) is 3.64. The zero-order chi connectivity index (χ0) is 14.1. The fourth-order valence-corrected chi connectivity index (χ4v) is 3.64. The van der Waals surface area contributed by atoms with Crippen LogP contribution >= 0.6 is 0 Å². The molecular formula is C15H27N5. The standard InChI is InChI=1S/C15H27N5/c1-11(2)19-8-4-5-12(10-19)9-15-18-17-14-7-3-6-13(16)20(14)15/h11-13H,3-10,16H2,1-2H3. The molecule has 20 heavy (non-hydrogen) atoms. The monoisotopic (exact) mass is 277 g/mol. The summed E-state index contributed by atoms with van der Waals surface area (Å²) >= 11 is 0. The molecule has 2 atom stereocenters. The van der Waals surface area contributed by atoms with Gasteiger partial charge in [0, 0.05) is 25.4 Å². The van der Waals surface area contributed by atoms with Crippen molar-refractivity contribution in [1.29, 1.82) is 0 Å². The van der Waals surface area contributed by atoms with E-state index in [2.05, 4.69) is 33.5 Å². The maximum atomic E-state index is 6.24. The van der Waals surface area contributed by atoms with Crippen molar-refractivity contribution in [3.05, 3.63) is 11.6 Å². The summed E-state index contributed by atoms with van der Waals surface area (Å²) in [5.74, 6) is 2.91. The number of aryl methyl sites for hydroxylation is 1. The molecule has 1 aromatic rings. The number of rotatable bonds is 3. The van der Waals surface area contributed by atoms with Crippen LogP contribution in [0.1, 0.15) is 57.3 Å². The van der Waals surface area contributed by atoms with Gasteiger partial charge in [0.1, 0.15) is 11.6 Å². The molecular weight excluding hydrogens is 250 g/mol. The molecule has 2 aliphatic rings. The summed E-state index contributed by atoms with van der Waals surface area (Å²) in [5, 5.41) is 8.77. The van der Waals surface area contributed by atoms with Crippen LogP contribution < -0.4 is 5.73 Å². The molecule has 3 heterocycles. The predicted molar refractivity (Wildman–Crippen MR) is 79.3 cm³/mol. The summed E-state index contributed by atoms with van der Waals surface area (Å²) in [6, 6.07) is 0.646. The molecule has 0 bridgehead atoms. The van der Waals surface area contributed by atoms with Crippen molar-refractivity contribution in [1.82, 2.24) is 19.7 Å².